The summed E-state index contributed by atoms with van der Waals surface area (Å²) in [5, 5.41) is 2.95. The summed E-state index contributed by atoms with van der Waals surface area (Å²) in [7, 11) is -1.84. The second-order valence-corrected chi connectivity index (χ2v) is 6.36. The van der Waals surface area contributed by atoms with Crippen LogP contribution in [-0.4, -0.2) is 46.1 Å². The summed E-state index contributed by atoms with van der Waals surface area (Å²) in [6, 6.07) is 0. The number of carbonyl (C=O) groups is 1. The molecule has 0 aromatic carbocycles. The van der Waals surface area contributed by atoms with E-state index < -0.39 is 16.0 Å². The van der Waals surface area contributed by atoms with Gasteiger partial charge in [-0.2, -0.15) is 0 Å². The molecule has 1 rings (SSSR count). The molecule has 0 spiro atoms. The molecule has 0 aliphatic heterocycles. The fraction of sp³-hybridized carbons (Fsp3) is 0.615. The fourth-order valence-electron chi connectivity index (χ4n) is 2.09. The molecule has 0 atom stereocenters. The number of esters is 1. The normalized spacial score (nSPS) is 11.6. The third kappa shape index (κ3) is 4.29. The maximum Gasteiger partial charge on any atom is 0.355 e. The van der Waals surface area contributed by atoms with Crippen molar-refractivity contribution in [2.45, 2.75) is 32.1 Å². The van der Waals surface area contributed by atoms with Gasteiger partial charge in [0.1, 0.15) is 10.6 Å². The Kier molecular flexibility index (Phi) is 6.38. The second-order valence-electron chi connectivity index (χ2n) is 4.65. The zero-order valence-corrected chi connectivity index (χ0v) is 13.7. The molecule has 0 unspecified atom stereocenters. The summed E-state index contributed by atoms with van der Waals surface area (Å²) in [5.41, 5.74) is 0.994. The summed E-state index contributed by atoms with van der Waals surface area (Å²) < 4.78 is 32.1. The Balaban J connectivity index is 2.99. The highest BCUT2D eigenvalue weighted by molar-refractivity contribution is 7.89. The van der Waals surface area contributed by atoms with Crippen molar-refractivity contribution in [2.75, 3.05) is 26.7 Å². The van der Waals surface area contributed by atoms with Gasteiger partial charge in [-0.25, -0.2) is 17.9 Å². The lowest BCUT2D eigenvalue weighted by molar-refractivity contribution is 0.0519. The van der Waals surface area contributed by atoms with Gasteiger partial charge in [0.2, 0.25) is 10.0 Å². The molecule has 0 aliphatic rings. The topological polar surface area (TPSA) is 100 Å². The summed E-state index contributed by atoms with van der Waals surface area (Å²) >= 11 is 0. The van der Waals surface area contributed by atoms with Gasteiger partial charge in [-0.3, -0.25) is 0 Å². The monoisotopic (exact) mass is 317 g/mol. The SMILES string of the molecule is CCOC(=O)c1[nH]c(C)c(S(=O)(=O)NCCCNC)c1C. The van der Waals surface area contributed by atoms with Crippen LogP contribution in [0.4, 0.5) is 0 Å². The van der Waals surface area contributed by atoms with Gasteiger partial charge >= 0.3 is 5.97 Å². The molecule has 1 heterocycles. The number of hydrogen-bond acceptors (Lipinski definition) is 5. The Morgan fingerprint density at radius 3 is 2.52 bits per heavy atom. The Morgan fingerprint density at radius 2 is 1.95 bits per heavy atom. The lowest BCUT2D eigenvalue weighted by Gasteiger charge is -2.07. The summed E-state index contributed by atoms with van der Waals surface area (Å²) in [5.74, 6) is -0.547. The lowest BCUT2D eigenvalue weighted by Crippen LogP contribution is -2.27. The van der Waals surface area contributed by atoms with Gasteiger partial charge in [0.25, 0.3) is 0 Å². The van der Waals surface area contributed by atoms with Crippen LogP contribution in [-0.2, 0) is 14.8 Å². The first-order chi connectivity index (χ1) is 9.85. The number of H-pyrrole nitrogens is 1. The molecule has 0 fully saturated rings. The second kappa shape index (κ2) is 7.58. The third-order valence-corrected chi connectivity index (χ3v) is 4.75. The minimum absolute atomic E-state index is 0.120. The molecule has 8 heteroatoms. The zero-order chi connectivity index (χ0) is 16.0. The van der Waals surface area contributed by atoms with Gasteiger partial charge in [0.15, 0.2) is 0 Å². The maximum absolute atomic E-state index is 12.3. The van der Waals surface area contributed by atoms with Gasteiger partial charge in [0.05, 0.1) is 6.61 Å². The first kappa shape index (κ1) is 17.7. The van der Waals surface area contributed by atoms with Gasteiger partial charge in [-0.05, 0) is 40.8 Å². The largest absolute Gasteiger partial charge is 0.461 e. The van der Waals surface area contributed by atoms with E-state index in [9.17, 15) is 13.2 Å². The van der Waals surface area contributed by atoms with E-state index in [0.717, 1.165) is 6.54 Å². The number of ether oxygens (including phenoxy) is 1. The van der Waals surface area contributed by atoms with Crippen molar-refractivity contribution in [3.8, 4) is 0 Å². The van der Waals surface area contributed by atoms with Crippen molar-refractivity contribution in [3.63, 3.8) is 0 Å². The van der Waals surface area contributed by atoms with Crippen molar-refractivity contribution < 1.29 is 17.9 Å². The van der Waals surface area contributed by atoms with E-state index in [4.69, 9.17) is 4.74 Å². The van der Waals surface area contributed by atoms with Crippen LogP contribution in [0.5, 0.6) is 0 Å². The molecule has 0 aliphatic carbocycles. The van der Waals surface area contributed by atoms with Crippen LogP contribution < -0.4 is 10.0 Å². The first-order valence-corrected chi connectivity index (χ1v) is 8.34. The Bertz CT molecular complexity index is 593. The number of nitrogens with one attached hydrogen (secondary N) is 3. The fourth-order valence-corrected chi connectivity index (χ4v) is 3.60. The first-order valence-electron chi connectivity index (χ1n) is 6.85. The number of rotatable bonds is 8. The van der Waals surface area contributed by atoms with Crippen LogP contribution >= 0.6 is 0 Å². The van der Waals surface area contributed by atoms with Gasteiger partial charge < -0.3 is 15.0 Å². The number of hydrogen-bond donors (Lipinski definition) is 3. The molecule has 0 amide bonds. The maximum atomic E-state index is 12.3. The van der Waals surface area contributed by atoms with Crippen LogP contribution in [0.3, 0.4) is 0 Å². The smallest absolute Gasteiger partial charge is 0.355 e. The zero-order valence-electron chi connectivity index (χ0n) is 12.9. The van der Waals surface area contributed by atoms with E-state index in [1.807, 2.05) is 0 Å². The molecule has 0 saturated carbocycles. The van der Waals surface area contributed by atoms with Crippen LogP contribution in [0, 0.1) is 13.8 Å². The predicted molar refractivity (Wildman–Crippen MR) is 80.0 cm³/mol. The van der Waals surface area contributed by atoms with E-state index in [1.54, 1.807) is 27.8 Å². The minimum Gasteiger partial charge on any atom is -0.461 e. The molecule has 0 bridgehead atoms. The summed E-state index contributed by atoms with van der Waals surface area (Å²) in [6.07, 6.45) is 0.684. The molecular weight excluding hydrogens is 294 g/mol. The van der Waals surface area contributed by atoms with E-state index in [2.05, 4.69) is 15.0 Å². The highest BCUT2D eigenvalue weighted by Gasteiger charge is 2.26. The number of aryl methyl sites for hydroxylation is 1. The standard InChI is InChI=1S/C13H23N3O4S/c1-5-20-13(17)11-9(2)12(10(3)16-11)21(18,19)15-8-6-7-14-4/h14-16H,5-8H2,1-4H3. The molecule has 21 heavy (non-hydrogen) atoms. The van der Waals surface area contributed by atoms with E-state index in [-0.39, 0.29) is 17.2 Å². The number of sulfonamides is 1. The highest BCUT2D eigenvalue weighted by Crippen LogP contribution is 2.23. The number of carbonyl (C=O) groups excluding carboxylic acids is 1. The molecule has 3 N–H and O–H groups in total. The Hall–Kier alpha value is -1.38. The van der Waals surface area contributed by atoms with Gasteiger partial charge in [-0.1, -0.05) is 0 Å². The van der Waals surface area contributed by atoms with E-state index >= 15 is 0 Å². The highest BCUT2D eigenvalue weighted by atomic mass is 32.2. The molecule has 0 radical (unpaired) electrons. The number of aromatic amines is 1. The molecule has 120 valence electrons. The quantitative estimate of drug-likeness (QED) is 0.484. The van der Waals surface area contributed by atoms with Crippen LogP contribution in [0.25, 0.3) is 0 Å². The third-order valence-electron chi connectivity index (χ3n) is 3.01. The van der Waals surface area contributed by atoms with E-state index in [0.29, 0.717) is 24.2 Å². The molecule has 1 aromatic rings. The predicted octanol–water partition coefficient (Wildman–Crippen LogP) is 0.696. The van der Waals surface area contributed by atoms with Gasteiger partial charge in [0, 0.05) is 17.8 Å². The van der Waals surface area contributed by atoms with Crippen molar-refractivity contribution >= 4 is 16.0 Å². The van der Waals surface area contributed by atoms with Crippen molar-refractivity contribution in [3.05, 3.63) is 17.0 Å². The summed E-state index contributed by atoms with van der Waals surface area (Å²) in [6.45, 7) is 6.21. The lowest BCUT2D eigenvalue weighted by atomic mass is 10.2. The average Bonchev–Trinajstić information content (AvgIpc) is 2.71. The Morgan fingerprint density at radius 1 is 1.29 bits per heavy atom. The van der Waals surface area contributed by atoms with Crippen molar-refractivity contribution in [1.82, 2.24) is 15.0 Å². The summed E-state index contributed by atoms with van der Waals surface area (Å²) in [4.78, 5) is 14.7. The number of aromatic nitrogens is 1. The van der Waals surface area contributed by atoms with Crippen LogP contribution in [0.1, 0.15) is 35.1 Å². The van der Waals surface area contributed by atoms with Gasteiger partial charge in [-0.15, -0.1) is 0 Å². The van der Waals surface area contributed by atoms with E-state index in [1.165, 1.54) is 0 Å². The van der Waals surface area contributed by atoms with Crippen LogP contribution in [0.2, 0.25) is 0 Å². The minimum atomic E-state index is -3.65. The van der Waals surface area contributed by atoms with Crippen molar-refractivity contribution in [1.29, 1.82) is 0 Å². The molecule has 0 saturated heterocycles. The molecular formula is C13H23N3O4S. The molecule has 1 aromatic heterocycles. The van der Waals surface area contributed by atoms with Crippen LogP contribution in [0.15, 0.2) is 4.90 Å². The molecule has 7 nitrogen and oxygen atoms in total. The Labute approximate surface area is 125 Å². The average molecular weight is 317 g/mol. The van der Waals surface area contributed by atoms with Crippen molar-refractivity contribution in [2.24, 2.45) is 0 Å².